The fourth-order valence-electron chi connectivity index (χ4n) is 3.83. The molecular weight excluding hydrogens is 288 g/mol. The molecule has 1 fully saturated rings. The second-order valence-electron chi connectivity index (χ2n) is 6.20. The largest absolute Gasteiger partial charge is 0.495 e. The molecule has 2 aromatic carbocycles. The Morgan fingerprint density at radius 2 is 1.96 bits per heavy atom. The lowest BCUT2D eigenvalue weighted by Crippen LogP contribution is -2.41. The van der Waals surface area contributed by atoms with Crippen LogP contribution in [0.1, 0.15) is 21.8 Å². The Morgan fingerprint density at radius 3 is 2.74 bits per heavy atom. The Morgan fingerprint density at radius 1 is 1.13 bits per heavy atom. The summed E-state index contributed by atoms with van der Waals surface area (Å²) in [4.78, 5) is 15.0. The molecule has 4 rings (SSSR count). The van der Waals surface area contributed by atoms with Gasteiger partial charge in [-0.1, -0.05) is 30.3 Å². The number of carbonyl (C=O) groups excluding carboxylic acids is 1. The molecule has 1 N–H and O–H groups in total. The second kappa shape index (κ2) is 5.70. The Balaban J connectivity index is 1.82. The summed E-state index contributed by atoms with van der Waals surface area (Å²) in [6.07, 6.45) is 0. The molecular formula is C19H20N2O2. The summed E-state index contributed by atoms with van der Waals surface area (Å²) >= 11 is 0. The van der Waals surface area contributed by atoms with Crippen LogP contribution in [0, 0.1) is 5.92 Å². The molecule has 23 heavy (non-hydrogen) atoms. The van der Waals surface area contributed by atoms with Crippen molar-refractivity contribution in [2.45, 2.75) is 5.92 Å². The monoisotopic (exact) mass is 308 g/mol. The van der Waals surface area contributed by atoms with Crippen molar-refractivity contribution in [3.63, 3.8) is 0 Å². The lowest BCUT2D eigenvalue weighted by molar-refractivity contribution is 0.0979. The number of rotatable bonds is 2. The normalized spacial score (nSPS) is 22.4. The van der Waals surface area contributed by atoms with Crippen molar-refractivity contribution in [1.29, 1.82) is 0 Å². The zero-order valence-corrected chi connectivity index (χ0v) is 13.2. The number of benzene rings is 2. The number of nitrogens with one attached hydrogen (secondary N) is 1. The Hall–Kier alpha value is -2.33. The molecule has 2 aliphatic rings. The third-order valence-electron chi connectivity index (χ3n) is 4.94. The number of hydrogen-bond acceptors (Lipinski definition) is 3. The average Bonchev–Trinajstić information content (AvgIpc) is 3.09. The third kappa shape index (κ3) is 2.30. The number of hydrogen-bond donors (Lipinski definition) is 1. The summed E-state index contributed by atoms with van der Waals surface area (Å²) in [5.41, 5.74) is 2.87. The molecule has 0 bridgehead atoms. The fraction of sp³-hybridized carbons (Fsp3) is 0.316. The van der Waals surface area contributed by atoms with Gasteiger partial charge in [0, 0.05) is 31.1 Å². The lowest BCUT2D eigenvalue weighted by atomic mass is 9.83. The minimum atomic E-state index is 0.0432. The minimum absolute atomic E-state index is 0.0432. The van der Waals surface area contributed by atoms with E-state index in [-0.39, 0.29) is 5.91 Å². The third-order valence-corrected chi connectivity index (χ3v) is 4.94. The van der Waals surface area contributed by atoms with E-state index in [1.165, 1.54) is 5.56 Å². The molecule has 0 spiro atoms. The molecule has 0 aliphatic carbocycles. The number of anilines is 1. The van der Waals surface area contributed by atoms with Gasteiger partial charge in [-0.25, -0.2) is 0 Å². The van der Waals surface area contributed by atoms with Crippen LogP contribution < -0.4 is 15.0 Å². The van der Waals surface area contributed by atoms with Gasteiger partial charge in [0.2, 0.25) is 0 Å². The summed E-state index contributed by atoms with van der Waals surface area (Å²) in [5.74, 6) is 1.74. The first kappa shape index (κ1) is 14.3. The van der Waals surface area contributed by atoms with Gasteiger partial charge in [-0.2, -0.15) is 0 Å². The van der Waals surface area contributed by atoms with E-state index in [1.807, 2.05) is 47.4 Å². The summed E-state index contributed by atoms with van der Waals surface area (Å²) < 4.78 is 5.56. The Bertz CT molecular complexity index is 729. The smallest absolute Gasteiger partial charge is 0.258 e. The standard InChI is InChI=1S/C19H20N2O2/c1-23-17-9-5-8-15-16-11-20-10-14(16)12-21(18(15)17)19(22)13-6-3-2-4-7-13/h2-9,14,16,20H,10-12H2,1H3/t14-,16-/m1/s1. The molecule has 2 aromatic rings. The van der Waals surface area contributed by atoms with Gasteiger partial charge in [0.25, 0.3) is 5.91 Å². The molecule has 1 saturated heterocycles. The zero-order valence-electron chi connectivity index (χ0n) is 13.2. The highest BCUT2D eigenvalue weighted by molar-refractivity contribution is 6.07. The minimum Gasteiger partial charge on any atom is -0.495 e. The molecule has 1 amide bonds. The SMILES string of the molecule is COc1cccc2c1N(C(=O)c1ccccc1)C[C@H]1CNC[C@@H]21. The van der Waals surface area contributed by atoms with E-state index in [1.54, 1.807) is 7.11 Å². The van der Waals surface area contributed by atoms with Crippen molar-refractivity contribution in [1.82, 2.24) is 5.32 Å². The maximum absolute atomic E-state index is 13.1. The molecule has 4 nitrogen and oxygen atoms in total. The van der Waals surface area contributed by atoms with Crippen molar-refractivity contribution in [2.75, 3.05) is 31.6 Å². The van der Waals surface area contributed by atoms with Crippen LogP contribution in [-0.2, 0) is 0 Å². The van der Waals surface area contributed by atoms with Crippen LogP contribution in [0.4, 0.5) is 5.69 Å². The van der Waals surface area contributed by atoms with Gasteiger partial charge < -0.3 is 15.0 Å². The number of fused-ring (bicyclic) bond motifs is 3. The van der Waals surface area contributed by atoms with E-state index < -0.39 is 0 Å². The highest BCUT2D eigenvalue weighted by Gasteiger charge is 2.40. The van der Waals surface area contributed by atoms with Gasteiger partial charge in [-0.3, -0.25) is 4.79 Å². The maximum Gasteiger partial charge on any atom is 0.258 e. The second-order valence-corrected chi connectivity index (χ2v) is 6.20. The van der Waals surface area contributed by atoms with E-state index in [2.05, 4.69) is 11.4 Å². The molecule has 4 heteroatoms. The zero-order chi connectivity index (χ0) is 15.8. The topological polar surface area (TPSA) is 41.6 Å². The van der Waals surface area contributed by atoms with Crippen molar-refractivity contribution in [3.05, 3.63) is 59.7 Å². The van der Waals surface area contributed by atoms with Crippen molar-refractivity contribution < 1.29 is 9.53 Å². The quantitative estimate of drug-likeness (QED) is 0.927. The first-order valence-electron chi connectivity index (χ1n) is 8.04. The van der Waals surface area contributed by atoms with E-state index in [0.717, 1.165) is 31.1 Å². The lowest BCUT2D eigenvalue weighted by Gasteiger charge is -2.37. The predicted molar refractivity (Wildman–Crippen MR) is 90.2 cm³/mol. The predicted octanol–water partition coefficient (Wildman–Crippen LogP) is 2.66. The number of carbonyl (C=O) groups is 1. The van der Waals surface area contributed by atoms with Gasteiger partial charge in [-0.05, 0) is 29.7 Å². The van der Waals surface area contributed by atoms with Crippen LogP contribution >= 0.6 is 0 Å². The first-order valence-corrected chi connectivity index (χ1v) is 8.04. The van der Waals surface area contributed by atoms with E-state index in [4.69, 9.17) is 4.74 Å². The van der Waals surface area contributed by atoms with Crippen molar-refractivity contribution in [3.8, 4) is 5.75 Å². The average molecular weight is 308 g/mol. The molecule has 0 saturated carbocycles. The molecule has 0 aromatic heterocycles. The first-order chi connectivity index (χ1) is 11.3. The van der Waals surface area contributed by atoms with E-state index >= 15 is 0 Å². The number of nitrogens with zero attached hydrogens (tertiary/aromatic N) is 1. The Kier molecular flexibility index (Phi) is 3.54. The molecule has 118 valence electrons. The van der Waals surface area contributed by atoms with Gasteiger partial charge in [-0.15, -0.1) is 0 Å². The van der Waals surface area contributed by atoms with Crippen LogP contribution in [0.5, 0.6) is 5.75 Å². The van der Waals surface area contributed by atoms with Gasteiger partial charge >= 0.3 is 0 Å². The number of methoxy groups -OCH3 is 1. The van der Waals surface area contributed by atoms with Crippen LogP contribution in [0.3, 0.4) is 0 Å². The van der Waals surface area contributed by atoms with Crippen LogP contribution in [0.15, 0.2) is 48.5 Å². The number of amides is 1. The highest BCUT2D eigenvalue weighted by Crippen LogP contribution is 2.45. The maximum atomic E-state index is 13.1. The molecule has 2 heterocycles. The van der Waals surface area contributed by atoms with E-state index in [9.17, 15) is 4.79 Å². The number of para-hydroxylation sites is 1. The molecule has 2 aliphatic heterocycles. The van der Waals surface area contributed by atoms with Gasteiger partial charge in [0.05, 0.1) is 12.8 Å². The van der Waals surface area contributed by atoms with Gasteiger partial charge in [0.1, 0.15) is 5.75 Å². The number of ether oxygens (including phenoxy) is 1. The van der Waals surface area contributed by atoms with Crippen molar-refractivity contribution >= 4 is 11.6 Å². The van der Waals surface area contributed by atoms with Crippen LogP contribution in [-0.4, -0.2) is 32.7 Å². The fourth-order valence-corrected chi connectivity index (χ4v) is 3.83. The summed E-state index contributed by atoms with van der Waals surface area (Å²) in [7, 11) is 1.67. The highest BCUT2D eigenvalue weighted by atomic mass is 16.5. The molecule has 0 radical (unpaired) electrons. The molecule has 0 unspecified atom stereocenters. The summed E-state index contributed by atoms with van der Waals surface area (Å²) in [6, 6.07) is 15.6. The van der Waals surface area contributed by atoms with E-state index in [0.29, 0.717) is 17.4 Å². The molecule has 2 atom stereocenters. The summed E-state index contributed by atoms with van der Waals surface area (Å²) in [6.45, 7) is 2.66. The van der Waals surface area contributed by atoms with Gasteiger partial charge in [0.15, 0.2) is 0 Å². The Labute approximate surface area is 136 Å². The van der Waals surface area contributed by atoms with Crippen LogP contribution in [0.2, 0.25) is 0 Å². The van der Waals surface area contributed by atoms with Crippen molar-refractivity contribution in [2.24, 2.45) is 5.92 Å². The summed E-state index contributed by atoms with van der Waals surface area (Å²) in [5, 5.41) is 3.46. The van der Waals surface area contributed by atoms with Crippen LogP contribution in [0.25, 0.3) is 0 Å².